The zero-order chi connectivity index (χ0) is 25.2. The van der Waals surface area contributed by atoms with Crippen molar-refractivity contribution in [2.45, 2.75) is 70.4 Å². The van der Waals surface area contributed by atoms with Crippen molar-refractivity contribution in [3.8, 4) is 11.1 Å². The monoisotopic (exact) mass is 478 g/mol. The van der Waals surface area contributed by atoms with E-state index in [0.717, 1.165) is 35.1 Å². The number of carboxylic acid groups (broad SMARTS) is 1. The first-order chi connectivity index (χ1) is 16.6. The summed E-state index contributed by atoms with van der Waals surface area (Å²) in [4.78, 5) is 37.9. The first kappa shape index (κ1) is 24.8. The van der Waals surface area contributed by atoms with Crippen LogP contribution in [0.15, 0.2) is 48.5 Å². The molecular formula is C28H34N2O5. The van der Waals surface area contributed by atoms with Gasteiger partial charge in [-0.1, -0.05) is 82.1 Å². The third kappa shape index (κ3) is 5.34. The maximum atomic E-state index is 13.2. The summed E-state index contributed by atoms with van der Waals surface area (Å²) in [7, 11) is 0. The molecule has 1 unspecified atom stereocenters. The van der Waals surface area contributed by atoms with E-state index in [0.29, 0.717) is 19.3 Å². The molecule has 1 atom stereocenters. The Morgan fingerprint density at radius 3 is 2.06 bits per heavy atom. The number of hydrogen-bond acceptors (Lipinski definition) is 4. The summed E-state index contributed by atoms with van der Waals surface area (Å²) in [6.45, 7) is 6.04. The number of nitrogens with one attached hydrogen (secondary N) is 2. The van der Waals surface area contributed by atoms with Gasteiger partial charge in [0.1, 0.15) is 18.2 Å². The fraction of sp³-hybridized carbons (Fsp3) is 0.464. The van der Waals surface area contributed by atoms with Crippen LogP contribution in [-0.4, -0.2) is 41.3 Å². The standard InChI is InChI=1S/C28H34N2O5/c1-27(2,3)16-23(24(31)30-28(25(32)33)14-8-9-15-28)29-26(34)35-17-22-20-12-6-4-10-18(20)19-11-5-7-13-21(19)22/h4-7,10-13,22-23H,8-9,14-17H2,1-3H3,(H,29,34)(H,30,31)(H,32,33). The molecule has 2 aliphatic rings. The molecule has 186 valence electrons. The molecule has 0 radical (unpaired) electrons. The van der Waals surface area contributed by atoms with Crippen LogP contribution in [-0.2, 0) is 14.3 Å². The quantitative estimate of drug-likeness (QED) is 0.528. The zero-order valence-corrected chi connectivity index (χ0v) is 20.6. The largest absolute Gasteiger partial charge is 0.480 e. The Labute approximate surface area is 206 Å². The summed E-state index contributed by atoms with van der Waals surface area (Å²) >= 11 is 0. The van der Waals surface area contributed by atoms with Crippen molar-refractivity contribution in [1.82, 2.24) is 10.6 Å². The van der Waals surface area contributed by atoms with E-state index in [4.69, 9.17) is 4.74 Å². The molecule has 2 aromatic carbocycles. The minimum absolute atomic E-state index is 0.0863. The van der Waals surface area contributed by atoms with Crippen molar-refractivity contribution in [2.75, 3.05) is 6.61 Å². The van der Waals surface area contributed by atoms with Crippen molar-refractivity contribution in [3.05, 3.63) is 59.7 Å². The fourth-order valence-electron chi connectivity index (χ4n) is 5.30. The maximum absolute atomic E-state index is 13.2. The Morgan fingerprint density at radius 1 is 1.00 bits per heavy atom. The third-order valence-electron chi connectivity index (χ3n) is 7.00. The molecule has 0 heterocycles. The van der Waals surface area contributed by atoms with Gasteiger partial charge in [-0.15, -0.1) is 0 Å². The normalized spacial score (nSPS) is 17.2. The number of carbonyl (C=O) groups excluding carboxylic acids is 2. The lowest BCUT2D eigenvalue weighted by atomic mass is 9.87. The van der Waals surface area contributed by atoms with E-state index in [1.54, 1.807) is 0 Å². The van der Waals surface area contributed by atoms with E-state index in [-0.39, 0.29) is 17.9 Å². The van der Waals surface area contributed by atoms with Gasteiger partial charge in [-0.3, -0.25) is 4.79 Å². The summed E-state index contributed by atoms with van der Waals surface area (Å²) < 4.78 is 5.63. The summed E-state index contributed by atoms with van der Waals surface area (Å²) in [5.41, 5.74) is 2.95. The summed E-state index contributed by atoms with van der Waals surface area (Å²) in [6.07, 6.45) is 1.93. The second-order valence-corrected chi connectivity index (χ2v) is 10.9. The number of carbonyl (C=O) groups is 3. The molecule has 0 saturated heterocycles. The molecule has 0 aromatic heterocycles. The first-order valence-corrected chi connectivity index (χ1v) is 12.3. The van der Waals surface area contributed by atoms with Crippen LogP contribution in [0, 0.1) is 5.41 Å². The van der Waals surface area contributed by atoms with Gasteiger partial charge in [0.25, 0.3) is 0 Å². The summed E-state index contributed by atoms with van der Waals surface area (Å²) in [6, 6.07) is 15.3. The predicted octanol–water partition coefficient (Wildman–Crippen LogP) is 4.84. The van der Waals surface area contributed by atoms with Crippen LogP contribution in [0.2, 0.25) is 0 Å². The lowest BCUT2D eigenvalue weighted by Crippen LogP contribution is -2.58. The molecule has 1 fully saturated rings. The number of carboxylic acids is 1. The number of ether oxygens (including phenoxy) is 1. The first-order valence-electron chi connectivity index (χ1n) is 12.3. The highest BCUT2D eigenvalue weighted by molar-refractivity contribution is 5.91. The van der Waals surface area contributed by atoms with Gasteiger partial charge >= 0.3 is 12.1 Å². The second-order valence-electron chi connectivity index (χ2n) is 10.9. The molecule has 0 spiro atoms. The number of hydrogen-bond donors (Lipinski definition) is 3. The minimum Gasteiger partial charge on any atom is -0.480 e. The van der Waals surface area contributed by atoms with Gasteiger partial charge in [-0.25, -0.2) is 9.59 Å². The molecule has 4 rings (SSSR count). The van der Waals surface area contributed by atoms with Crippen molar-refractivity contribution in [3.63, 3.8) is 0 Å². The second kappa shape index (κ2) is 9.72. The van der Waals surface area contributed by atoms with Gasteiger partial charge in [0.05, 0.1) is 0 Å². The molecule has 0 aliphatic heterocycles. The summed E-state index contributed by atoms with van der Waals surface area (Å²) in [5, 5.41) is 15.2. The average molecular weight is 479 g/mol. The molecular weight excluding hydrogens is 444 g/mol. The molecule has 7 heteroatoms. The minimum atomic E-state index is -1.27. The Morgan fingerprint density at radius 2 is 1.54 bits per heavy atom. The number of amides is 2. The zero-order valence-electron chi connectivity index (χ0n) is 20.6. The highest BCUT2D eigenvalue weighted by atomic mass is 16.5. The van der Waals surface area contributed by atoms with E-state index in [9.17, 15) is 19.5 Å². The number of fused-ring (bicyclic) bond motifs is 3. The fourth-order valence-corrected chi connectivity index (χ4v) is 5.30. The van der Waals surface area contributed by atoms with Crippen LogP contribution >= 0.6 is 0 Å². The topological polar surface area (TPSA) is 105 Å². The molecule has 2 aromatic rings. The Hall–Kier alpha value is -3.35. The number of benzene rings is 2. The van der Waals surface area contributed by atoms with Gasteiger partial charge in [-0.2, -0.15) is 0 Å². The molecule has 7 nitrogen and oxygen atoms in total. The average Bonchev–Trinajstić information content (AvgIpc) is 3.40. The Balaban J connectivity index is 1.45. The van der Waals surface area contributed by atoms with Gasteiger partial charge in [0, 0.05) is 5.92 Å². The number of aliphatic carboxylic acids is 1. The molecule has 3 N–H and O–H groups in total. The summed E-state index contributed by atoms with van der Waals surface area (Å²) in [5.74, 6) is -1.60. The predicted molar refractivity (Wildman–Crippen MR) is 133 cm³/mol. The Bertz CT molecular complexity index is 1070. The molecule has 0 bridgehead atoms. The smallest absolute Gasteiger partial charge is 0.407 e. The van der Waals surface area contributed by atoms with Crippen molar-refractivity contribution in [1.29, 1.82) is 0 Å². The van der Waals surface area contributed by atoms with Crippen LogP contribution in [0.4, 0.5) is 4.79 Å². The van der Waals surface area contributed by atoms with Crippen molar-refractivity contribution >= 4 is 18.0 Å². The van der Waals surface area contributed by atoms with Crippen molar-refractivity contribution < 1.29 is 24.2 Å². The van der Waals surface area contributed by atoms with Crippen LogP contribution in [0.25, 0.3) is 11.1 Å². The third-order valence-corrected chi connectivity index (χ3v) is 7.00. The van der Waals surface area contributed by atoms with E-state index in [1.165, 1.54) is 0 Å². The van der Waals surface area contributed by atoms with Crippen LogP contribution in [0.5, 0.6) is 0 Å². The van der Waals surface area contributed by atoms with Gasteiger partial charge in [0.2, 0.25) is 5.91 Å². The lowest BCUT2D eigenvalue weighted by molar-refractivity contribution is -0.147. The van der Waals surface area contributed by atoms with Gasteiger partial charge in [0.15, 0.2) is 0 Å². The van der Waals surface area contributed by atoms with Crippen LogP contribution in [0.1, 0.15) is 69.9 Å². The highest BCUT2D eigenvalue weighted by Crippen LogP contribution is 2.44. The lowest BCUT2D eigenvalue weighted by Gasteiger charge is -2.31. The van der Waals surface area contributed by atoms with Crippen LogP contribution < -0.4 is 10.6 Å². The molecule has 2 amide bonds. The van der Waals surface area contributed by atoms with E-state index >= 15 is 0 Å². The highest BCUT2D eigenvalue weighted by Gasteiger charge is 2.44. The van der Waals surface area contributed by atoms with E-state index < -0.39 is 29.6 Å². The molecule has 35 heavy (non-hydrogen) atoms. The number of alkyl carbamates (subject to hydrolysis) is 1. The molecule has 2 aliphatic carbocycles. The SMILES string of the molecule is CC(C)(C)CC(NC(=O)OCC1c2ccccc2-c2ccccc21)C(=O)NC1(C(=O)O)CCCC1. The van der Waals surface area contributed by atoms with Crippen molar-refractivity contribution in [2.24, 2.45) is 5.41 Å². The van der Waals surface area contributed by atoms with Crippen LogP contribution in [0.3, 0.4) is 0 Å². The maximum Gasteiger partial charge on any atom is 0.407 e. The van der Waals surface area contributed by atoms with Gasteiger partial charge in [-0.05, 0) is 46.9 Å². The van der Waals surface area contributed by atoms with E-state index in [2.05, 4.69) is 22.8 Å². The van der Waals surface area contributed by atoms with Gasteiger partial charge < -0.3 is 20.5 Å². The Kier molecular flexibility index (Phi) is 6.88. The molecule has 1 saturated carbocycles. The van der Waals surface area contributed by atoms with E-state index in [1.807, 2.05) is 57.2 Å². The number of rotatable bonds is 7.